The van der Waals surface area contributed by atoms with Crippen LogP contribution in [0.4, 0.5) is 10.5 Å². The molecule has 4 atom stereocenters. The number of hydrogen-bond donors (Lipinski definition) is 3. The Morgan fingerprint density at radius 2 is 1.69 bits per heavy atom. The molecule has 0 saturated carbocycles. The fourth-order valence-corrected chi connectivity index (χ4v) is 5.80. The van der Waals surface area contributed by atoms with E-state index in [0.717, 1.165) is 28.7 Å². The first-order valence-corrected chi connectivity index (χ1v) is 15.9. The number of benzene rings is 2. The number of Topliss-reactive ketones (excluding diaryl/α,β-unsaturated/α-hetero) is 1. The van der Waals surface area contributed by atoms with E-state index >= 15 is 0 Å². The van der Waals surface area contributed by atoms with Gasteiger partial charge in [0.15, 0.2) is 5.78 Å². The van der Waals surface area contributed by atoms with Gasteiger partial charge in [0.2, 0.25) is 5.91 Å². The molecule has 0 spiro atoms. The topological polar surface area (TPSA) is 125 Å². The molecule has 0 bridgehead atoms. The number of likely N-dealkylation sites (tertiary alicyclic amines) is 1. The summed E-state index contributed by atoms with van der Waals surface area (Å²) < 4.78 is 5.47. The van der Waals surface area contributed by atoms with Gasteiger partial charge >= 0.3 is 6.09 Å². The van der Waals surface area contributed by atoms with Crippen LogP contribution in [0.3, 0.4) is 0 Å². The van der Waals surface area contributed by atoms with Gasteiger partial charge in [-0.3, -0.25) is 19.7 Å². The Kier molecular flexibility index (Phi) is 12.9. The van der Waals surface area contributed by atoms with E-state index in [2.05, 4.69) is 10.6 Å². The number of nitrogens with one attached hydrogen (secondary N) is 2. The molecule has 45 heavy (non-hydrogen) atoms. The Balaban J connectivity index is 1.60. The highest BCUT2D eigenvalue weighted by Crippen LogP contribution is 2.30. The Labute approximate surface area is 267 Å². The summed E-state index contributed by atoms with van der Waals surface area (Å²) in [7, 11) is 0. The monoisotopic (exact) mass is 619 g/mol. The minimum absolute atomic E-state index is 0.00199. The van der Waals surface area contributed by atoms with Gasteiger partial charge in [-0.05, 0) is 86.8 Å². The molecule has 1 aliphatic rings. The Morgan fingerprint density at radius 3 is 2.29 bits per heavy atom. The summed E-state index contributed by atoms with van der Waals surface area (Å²) in [6.45, 7) is 13.8. The number of aryl methyl sites for hydroxylation is 2. The predicted octanol–water partition coefficient (Wildman–Crippen LogP) is 5.75. The number of ether oxygens (including phenoxy) is 1. The normalized spacial score (nSPS) is 17.8. The van der Waals surface area contributed by atoms with Crippen molar-refractivity contribution in [3.63, 3.8) is 0 Å². The molecule has 1 fully saturated rings. The van der Waals surface area contributed by atoms with Crippen LogP contribution in [0.2, 0.25) is 0 Å². The molecule has 1 heterocycles. The molecule has 3 N–H and O–H groups in total. The van der Waals surface area contributed by atoms with E-state index in [0.29, 0.717) is 24.2 Å². The molecule has 9 heteroatoms. The van der Waals surface area contributed by atoms with E-state index < -0.39 is 12.1 Å². The maximum absolute atomic E-state index is 13.6. The number of allylic oxidation sites excluding steroid dienone is 1. The second kappa shape index (κ2) is 16.4. The van der Waals surface area contributed by atoms with E-state index in [1.165, 1.54) is 0 Å². The third kappa shape index (κ3) is 9.50. The number of nitrogens with zero attached hydrogens (tertiary/aromatic N) is 1. The van der Waals surface area contributed by atoms with Crippen LogP contribution in [0.15, 0.2) is 48.6 Å². The lowest BCUT2D eigenvalue weighted by molar-refractivity contribution is -0.130. The maximum atomic E-state index is 13.6. The largest absolute Gasteiger partial charge is 0.444 e. The van der Waals surface area contributed by atoms with Gasteiger partial charge in [-0.25, -0.2) is 4.79 Å². The van der Waals surface area contributed by atoms with E-state index in [1.807, 2.05) is 53.7 Å². The first-order chi connectivity index (χ1) is 21.4. The summed E-state index contributed by atoms with van der Waals surface area (Å²) in [6, 6.07) is 9.84. The number of rotatable bonds is 13. The number of aliphatic hydroxyl groups is 1. The number of ketones is 1. The zero-order valence-corrected chi connectivity index (χ0v) is 27.7. The Morgan fingerprint density at radius 1 is 1.04 bits per heavy atom. The Bertz CT molecular complexity index is 1380. The molecule has 3 rings (SSSR count). The van der Waals surface area contributed by atoms with E-state index in [1.54, 1.807) is 48.2 Å². The number of carbonyl (C=O) groups is 4. The lowest BCUT2D eigenvalue weighted by Crippen LogP contribution is -2.43. The lowest BCUT2D eigenvalue weighted by atomic mass is 9.92. The predicted molar refractivity (Wildman–Crippen MR) is 176 cm³/mol. The molecule has 244 valence electrons. The third-order valence-electron chi connectivity index (χ3n) is 8.68. The minimum atomic E-state index is -0.699. The van der Waals surface area contributed by atoms with Gasteiger partial charge in [0.25, 0.3) is 5.91 Å². The van der Waals surface area contributed by atoms with Crippen molar-refractivity contribution in [1.82, 2.24) is 10.2 Å². The van der Waals surface area contributed by atoms with Crippen LogP contribution in [0.1, 0.15) is 80.1 Å². The fourth-order valence-electron chi connectivity index (χ4n) is 5.80. The van der Waals surface area contributed by atoms with Gasteiger partial charge in [0.1, 0.15) is 6.61 Å². The molecular weight excluding hydrogens is 570 g/mol. The number of amides is 3. The number of aliphatic hydroxyl groups excluding tert-OH is 1. The molecule has 2 aromatic rings. The van der Waals surface area contributed by atoms with Crippen molar-refractivity contribution in [2.24, 2.45) is 17.8 Å². The van der Waals surface area contributed by atoms with Crippen molar-refractivity contribution in [2.75, 3.05) is 18.5 Å². The molecule has 3 amide bonds. The number of hydrogen-bond acceptors (Lipinski definition) is 6. The standard InChI is InChI=1S/C36H49N3O6/c1-8-10-28-17-29(20-40)39(19-28)35(43)31-15-23(5)24(6)16-32(31)38-36(44)45-21-27-13-11-26(12-14-27)18-33(41)25(7)37-34(42)30(9-2)22(3)4/h8,10-16,22,25,28-30,40H,9,17-21H2,1-7H3,(H,37,42)(H,38,44)/b10-8+/t25-,28?,29-,30-/m0/s1. The van der Waals surface area contributed by atoms with E-state index in [4.69, 9.17) is 4.74 Å². The van der Waals surface area contributed by atoms with Crippen LogP contribution in [-0.2, 0) is 27.4 Å². The van der Waals surface area contributed by atoms with E-state index in [9.17, 15) is 24.3 Å². The molecular formula is C36H49N3O6. The van der Waals surface area contributed by atoms with Gasteiger partial charge in [-0.1, -0.05) is 57.2 Å². The SMILES string of the molecule is C/C=C/C1C[C@@H](CO)N(C(=O)c2cc(C)c(C)cc2NC(=O)OCc2ccc(CC(=O)[C@H](C)NC(=O)[C@@H](CC)C(C)C)cc2)C1. The van der Waals surface area contributed by atoms with Gasteiger partial charge in [0.05, 0.1) is 29.9 Å². The lowest BCUT2D eigenvalue weighted by Gasteiger charge is -2.25. The van der Waals surface area contributed by atoms with Crippen LogP contribution in [0.5, 0.6) is 0 Å². The summed E-state index contributed by atoms with van der Waals surface area (Å²) in [5, 5.41) is 15.5. The van der Waals surface area contributed by atoms with Crippen molar-refractivity contribution >= 4 is 29.4 Å². The summed E-state index contributed by atoms with van der Waals surface area (Å²) in [5.74, 6) is -0.186. The second-order valence-electron chi connectivity index (χ2n) is 12.4. The van der Waals surface area contributed by atoms with Gasteiger partial charge in [-0.15, -0.1) is 0 Å². The molecule has 1 aliphatic heterocycles. The molecule has 0 aliphatic carbocycles. The summed E-state index contributed by atoms with van der Waals surface area (Å²) in [6.07, 6.45) is 4.88. The zero-order chi connectivity index (χ0) is 33.3. The maximum Gasteiger partial charge on any atom is 0.411 e. The zero-order valence-electron chi connectivity index (χ0n) is 27.7. The molecule has 0 radical (unpaired) electrons. The smallest absolute Gasteiger partial charge is 0.411 e. The number of anilines is 1. The summed E-state index contributed by atoms with van der Waals surface area (Å²) in [4.78, 5) is 53.4. The molecule has 0 aromatic heterocycles. The van der Waals surface area contributed by atoms with Gasteiger partial charge in [-0.2, -0.15) is 0 Å². The minimum Gasteiger partial charge on any atom is -0.444 e. The van der Waals surface area contributed by atoms with Gasteiger partial charge in [0, 0.05) is 18.9 Å². The number of carbonyl (C=O) groups excluding carboxylic acids is 4. The van der Waals surface area contributed by atoms with Crippen LogP contribution in [0.25, 0.3) is 0 Å². The first kappa shape index (κ1) is 35.5. The average molecular weight is 620 g/mol. The molecule has 1 unspecified atom stereocenters. The third-order valence-corrected chi connectivity index (χ3v) is 8.68. The quantitative estimate of drug-likeness (QED) is 0.245. The fraction of sp³-hybridized carbons (Fsp3) is 0.500. The van der Waals surface area contributed by atoms with Crippen LogP contribution in [-0.4, -0.2) is 58.9 Å². The summed E-state index contributed by atoms with van der Waals surface area (Å²) >= 11 is 0. The van der Waals surface area contributed by atoms with Gasteiger partial charge < -0.3 is 20.1 Å². The highest BCUT2D eigenvalue weighted by molar-refractivity contribution is 6.03. The van der Waals surface area contributed by atoms with Crippen molar-refractivity contribution < 1.29 is 29.0 Å². The van der Waals surface area contributed by atoms with E-state index in [-0.39, 0.29) is 61.0 Å². The molecule has 1 saturated heterocycles. The van der Waals surface area contributed by atoms with Crippen molar-refractivity contribution in [1.29, 1.82) is 0 Å². The average Bonchev–Trinajstić information content (AvgIpc) is 3.41. The molecule has 9 nitrogen and oxygen atoms in total. The highest BCUT2D eigenvalue weighted by atomic mass is 16.5. The Hall–Kier alpha value is -3.98. The van der Waals surface area contributed by atoms with Crippen molar-refractivity contribution in [3.8, 4) is 0 Å². The first-order valence-electron chi connectivity index (χ1n) is 15.9. The molecule has 2 aromatic carbocycles. The van der Waals surface area contributed by atoms with Crippen LogP contribution < -0.4 is 10.6 Å². The summed E-state index contributed by atoms with van der Waals surface area (Å²) in [5.41, 5.74) is 4.07. The van der Waals surface area contributed by atoms with Crippen molar-refractivity contribution in [2.45, 2.75) is 86.4 Å². The second-order valence-corrected chi connectivity index (χ2v) is 12.4. The van der Waals surface area contributed by atoms with Crippen LogP contribution >= 0.6 is 0 Å². The highest BCUT2D eigenvalue weighted by Gasteiger charge is 2.35. The van der Waals surface area contributed by atoms with Crippen molar-refractivity contribution in [3.05, 3.63) is 76.4 Å². The van der Waals surface area contributed by atoms with Crippen LogP contribution in [0, 0.1) is 31.6 Å².